The van der Waals surface area contributed by atoms with Gasteiger partial charge < -0.3 is 5.73 Å². The molecule has 3 N–H and O–H groups in total. The number of halogens is 3. The normalized spacial score (nSPS) is 12.1. The summed E-state index contributed by atoms with van der Waals surface area (Å²) < 4.78 is 62.8. The number of nitrogens with zero attached hydrogens (tertiary/aromatic N) is 2. The summed E-state index contributed by atoms with van der Waals surface area (Å²) in [5, 5.41) is 0. The van der Waals surface area contributed by atoms with Crippen molar-refractivity contribution in [2.45, 2.75) is 11.1 Å². The predicted octanol–water partition coefficient (Wildman–Crippen LogP) is 1.88. The summed E-state index contributed by atoms with van der Waals surface area (Å²) in [6, 6.07) is 5.26. The molecule has 0 aliphatic rings. The molecule has 0 spiro atoms. The van der Waals surface area contributed by atoms with Crippen LogP contribution in [0.2, 0.25) is 0 Å². The van der Waals surface area contributed by atoms with Crippen molar-refractivity contribution < 1.29 is 21.6 Å². The fourth-order valence-corrected chi connectivity index (χ4v) is 2.31. The van der Waals surface area contributed by atoms with E-state index >= 15 is 0 Å². The Morgan fingerprint density at radius 1 is 1.05 bits per heavy atom. The van der Waals surface area contributed by atoms with Gasteiger partial charge in [0.15, 0.2) is 0 Å². The molecule has 0 bridgehead atoms. The number of hydrogen-bond acceptors (Lipinski definition) is 5. The van der Waals surface area contributed by atoms with Gasteiger partial charge in [-0.3, -0.25) is 0 Å². The molecule has 0 unspecified atom stereocenters. The fraction of sp³-hybridized carbons (Fsp3) is 0.0909. The first-order valence-electron chi connectivity index (χ1n) is 5.46. The van der Waals surface area contributed by atoms with Crippen LogP contribution in [0.1, 0.15) is 5.56 Å². The number of benzene rings is 1. The average molecular weight is 318 g/mol. The molecule has 0 atom stereocenters. The molecule has 1 aromatic heterocycles. The van der Waals surface area contributed by atoms with Crippen molar-refractivity contribution in [2.75, 3.05) is 10.5 Å². The van der Waals surface area contributed by atoms with Gasteiger partial charge in [-0.2, -0.15) is 13.2 Å². The number of anilines is 2. The molecule has 0 aliphatic heterocycles. The van der Waals surface area contributed by atoms with Gasteiger partial charge in [0, 0.05) is 18.1 Å². The molecule has 0 aliphatic carbocycles. The molecule has 0 fully saturated rings. The number of aromatic nitrogens is 2. The molecule has 2 aromatic rings. The van der Waals surface area contributed by atoms with Gasteiger partial charge in [0.2, 0.25) is 5.95 Å². The predicted molar refractivity (Wildman–Crippen MR) is 68.7 cm³/mol. The van der Waals surface area contributed by atoms with Gasteiger partial charge in [-0.15, -0.1) is 0 Å². The fourth-order valence-electron chi connectivity index (χ4n) is 1.35. The summed E-state index contributed by atoms with van der Waals surface area (Å²) in [6.45, 7) is 0. The Labute approximate surface area is 117 Å². The van der Waals surface area contributed by atoms with Gasteiger partial charge in [0.25, 0.3) is 10.0 Å². The number of rotatable bonds is 3. The molecule has 0 saturated heterocycles. The molecule has 10 heteroatoms. The minimum absolute atomic E-state index is 0.111. The van der Waals surface area contributed by atoms with E-state index < -0.39 is 27.7 Å². The number of alkyl halides is 3. The van der Waals surface area contributed by atoms with Crippen LogP contribution >= 0.6 is 0 Å². The van der Waals surface area contributed by atoms with E-state index in [2.05, 4.69) is 9.97 Å². The monoisotopic (exact) mass is 318 g/mol. The number of nitrogen functional groups attached to an aromatic ring is 1. The molecule has 2 rings (SSSR count). The van der Waals surface area contributed by atoms with Crippen molar-refractivity contribution >= 4 is 21.7 Å². The lowest BCUT2D eigenvalue weighted by molar-refractivity contribution is -0.138. The second-order valence-electron chi connectivity index (χ2n) is 3.97. The first-order valence-corrected chi connectivity index (χ1v) is 6.94. The van der Waals surface area contributed by atoms with Crippen LogP contribution in [0.5, 0.6) is 0 Å². The minimum atomic E-state index is -4.59. The summed E-state index contributed by atoms with van der Waals surface area (Å²) in [5.74, 6) is -0.458. The minimum Gasteiger partial charge on any atom is -0.399 e. The maximum absolute atomic E-state index is 12.3. The highest BCUT2D eigenvalue weighted by Crippen LogP contribution is 2.28. The van der Waals surface area contributed by atoms with Gasteiger partial charge in [0.1, 0.15) is 0 Å². The molecular weight excluding hydrogens is 309 g/mol. The van der Waals surface area contributed by atoms with Crippen LogP contribution in [0, 0.1) is 0 Å². The van der Waals surface area contributed by atoms with Gasteiger partial charge in [-0.1, -0.05) is 0 Å². The Kier molecular flexibility index (Phi) is 3.73. The first-order chi connectivity index (χ1) is 9.68. The van der Waals surface area contributed by atoms with Gasteiger partial charge in [0.05, 0.1) is 10.5 Å². The van der Waals surface area contributed by atoms with Crippen LogP contribution in [0.3, 0.4) is 0 Å². The zero-order chi connectivity index (χ0) is 15.7. The highest BCUT2D eigenvalue weighted by molar-refractivity contribution is 7.92. The van der Waals surface area contributed by atoms with E-state index in [9.17, 15) is 21.6 Å². The lowest BCUT2D eigenvalue weighted by atomic mass is 10.3. The quantitative estimate of drug-likeness (QED) is 0.842. The largest absolute Gasteiger partial charge is 0.419 e. The smallest absolute Gasteiger partial charge is 0.399 e. The molecule has 0 amide bonds. The van der Waals surface area contributed by atoms with Crippen LogP contribution in [-0.4, -0.2) is 18.4 Å². The highest BCUT2D eigenvalue weighted by atomic mass is 32.2. The third-order valence-electron chi connectivity index (χ3n) is 2.40. The second-order valence-corrected chi connectivity index (χ2v) is 5.65. The lowest BCUT2D eigenvalue weighted by Crippen LogP contribution is -2.16. The SMILES string of the molecule is Nc1ccc(S(=O)(=O)Nc2ncc(C(F)(F)F)cn2)cc1. The Hall–Kier alpha value is -2.36. The molecule has 112 valence electrons. The second kappa shape index (κ2) is 5.20. The van der Waals surface area contributed by atoms with Crippen molar-refractivity contribution in [2.24, 2.45) is 0 Å². The van der Waals surface area contributed by atoms with E-state index in [-0.39, 0.29) is 4.90 Å². The maximum Gasteiger partial charge on any atom is 0.419 e. The topological polar surface area (TPSA) is 98.0 Å². The van der Waals surface area contributed by atoms with E-state index in [1.54, 1.807) is 0 Å². The van der Waals surface area contributed by atoms with Crippen LogP contribution in [0.15, 0.2) is 41.6 Å². The summed E-state index contributed by atoms with van der Waals surface area (Å²) in [5.41, 5.74) is 4.74. The van der Waals surface area contributed by atoms with E-state index in [0.717, 1.165) is 0 Å². The zero-order valence-corrected chi connectivity index (χ0v) is 11.1. The zero-order valence-electron chi connectivity index (χ0n) is 10.3. The van der Waals surface area contributed by atoms with Crippen molar-refractivity contribution in [3.05, 3.63) is 42.2 Å². The standard InChI is InChI=1S/C11H9F3N4O2S/c12-11(13,14)7-5-16-10(17-6-7)18-21(19,20)9-3-1-8(15)2-4-9/h1-6H,15H2,(H,16,17,18). The van der Waals surface area contributed by atoms with E-state index in [1.165, 1.54) is 24.3 Å². The molecule has 0 saturated carbocycles. The van der Waals surface area contributed by atoms with E-state index in [0.29, 0.717) is 18.1 Å². The Morgan fingerprint density at radius 3 is 2.05 bits per heavy atom. The van der Waals surface area contributed by atoms with Gasteiger partial charge >= 0.3 is 6.18 Å². The molecular formula is C11H9F3N4O2S. The van der Waals surface area contributed by atoms with E-state index in [1.807, 2.05) is 4.72 Å². The van der Waals surface area contributed by atoms with Crippen LogP contribution in [-0.2, 0) is 16.2 Å². The summed E-state index contributed by atoms with van der Waals surface area (Å²) in [4.78, 5) is 6.54. The molecule has 1 aromatic carbocycles. The summed E-state index contributed by atoms with van der Waals surface area (Å²) in [6.07, 6.45) is -3.60. The first kappa shape index (κ1) is 15.0. The van der Waals surface area contributed by atoms with Crippen molar-refractivity contribution in [3.8, 4) is 0 Å². The van der Waals surface area contributed by atoms with Crippen LogP contribution in [0.25, 0.3) is 0 Å². The summed E-state index contributed by atoms with van der Waals surface area (Å²) in [7, 11) is -3.99. The van der Waals surface area contributed by atoms with Crippen LogP contribution < -0.4 is 10.5 Å². The Balaban J connectivity index is 2.23. The lowest BCUT2D eigenvalue weighted by Gasteiger charge is -2.08. The summed E-state index contributed by atoms with van der Waals surface area (Å²) >= 11 is 0. The van der Waals surface area contributed by atoms with Crippen molar-refractivity contribution in [1.82, 2.24) is 9.97 Å². The van der Waals surface area contributed by atoms with Gasteiger partial charge in [-0.25, -0.2) is 23.1 Å². The number of hydrogen-bond donors (Lipinski definition) is 2. The van der Waals surface area contributed by atoms with Gasteiger partial charge in [-0.05, 0) is 24.3 Å². The third kappa shape index (κ3) is 3.60. The third-order valence-corrected chi connectivity index (χ3v) is 3.74. The van der Waals surface area contributed by atoms with E-state index in [4.69, 9.17) is 5.73 Å². The number of sulfonamides is 1. The average Bonchev–Trinajstić information content (AvgIpc) is 2.38. The Bertz CT molecular complexity index is 728. The van der Waals surface area contributed by atoms with Crippen molar-refractivity contribution in [1.29, 1.82) is 0 Å². The number of nitrogens with one attached hydrogen (secondary N) is 1. The molecule has 21 heavy (non-hydrogen) atoms. The molecule has 1 heterocycles. The van der Waals surface area contributed by atoms with Crippen molar-refractivity contribution in [3.63, 3.8) is 0 Å². The number of nitrogens with two attached hydrogens (primary N) is 1. The Morgan fingerprint density at radius 2 is 1.57 bits per heavy atom. The molecule has 6 nitrogen and oxygen atoms in total. The maximum atomic E-state index is 12.3. The van der Waals surface area contributed by atoms with Crippen LogP contribution in [0.4, 0.5) is 24.8 Å². The highest BCUT2D eigenvalue weighted by Gasteiger charge is 2.31. The molecule has 0 radical (unpaired) electrons.